The van der Waals surface area contributed by atoms with Crippen LogP contribution in [0.2, 0.25) is 0 Å². The number of anilines is 2. The molecule has 0 aliphatic heterocycles. The first-order valence-electron chi connectivity index (χ1n) is 7.66. The maximum Gasteiger partial charge on any atom is 0.260 e. The number of hydrogen-bond acceptors (Lipinski definition) is 4. The Morgan fingerprint density at radius 1 is 1.33 bits per heavy atom. The van der Waals surface area contributed by atoms with Crippen LogP contribution >= 0.6 is 0 Å². The van der Waals surface area contributed by atoms with E-state index in [9.17, 15) is 4.79 Å². The number of nitrogens with one attached hydrogen (secondary N) is 2. The highest BCUT2D eigenvalue weighted by Gasteiger charge is 2.07. The molecule has 0 aliphatic rings. The van der Waals surface area contributed by atoms with Gasteiger partial charge in [-0.05, 0) is 31.5 Å². The Kier molecular flexibility index (Phi) is 5.20. The smallest absolute Gasteiger partial charge is 0.260 e. The van der Waals surface area contributed by atoms with Crippen LogP contribution in [0.4, 0.5) is 11.6 Å². The summed E-state index contributed by atoms with van der Waals surface area (Å²) in [7, 11) is 0. The summed E-state index contributed by atoms with van der Waals surface area (Å²) in [6.45, 7) is 4.32. The fraction of sp³-hybridized carbons (Fsp3) is 0.500. The molecular formula is C16H24N4O. The molecule has 114 valence electrons. The number of aromatic nitrogens is 2. The molecule has 1 aromatic carbocycles. The van der Waals surface area contributed by atoms with Gasteiger partial charge in [-0.1, -0.05) is 32.6 Å². The van der Waals surface area contributed by atoms with E-state index in [0.29, 0.717) is 22.5 Å². The second kappa shape index (κ2) is 7.11. The Hall–Kier alpha value is -2.04. The predicted molar refractivity (Wildman–Crippen MR) is 88.6 cm³/mol. The average molecular weight is 288 g/mol. The standard InChI is InChI=1S/C16H24N4O/c1-3-4-5-6-7-11(2)18-16-19-14-9-8-12(17)10-13(14)15(21)20-16/h8-11H,3-7,17H2,1-2H3,(H2,18,19,20,21). The Bertz CT molecular complexity index is 650. The third-order valence-corrected chi connectivity index (χ3v) is 3.60. The summed E-state index contributed by atoms with van der Waals surface area (Å²) in [5.41, 5.74) is 6.77. The maximum absolute atomic E-state index is 12.0. The van der Waals surface area contributed by atoms with Crippen LogP contribution in [0.1, 0.15) is 46.0 Å². The van der Waals surface area contributed by atoms with Gasteiger partial charge in [0.25, 0.3) is 5.56 Å². The molecule has 0 fully saturated rings. The first kappa shape index (κ1) is 15.4. The third kappa shape index (κ3) is 4.21. The summed E-state index contributed by atoms with van der Waals surface area (Å²) in [6.07, 6.45) is 6.03. The van der Waals surface area contributed by atoms with Crippen molar-refractivity contribution < 1.29 is 0 Å². The van der Waals surface area contributed by atoms with Crippen molar-refractivity contribution in [3.8, 4) is 0 Å². The third-order valence-electron chi connectivity index (χ3n) is 3.60. The molecule has 21 heavy (non-hydrogen) atoms. The Morgan fingerprint density at radius 2 is 2.14 bits per heavy atom. The fourth-order valence-corrected chi connectivity index (χ4v) is 2.41. The van der Waals surface area contributed by atoms with Gasteiger partial charge in [0, 0.05) is 11.7 Å². The summed E-state index contributed by atoms with van der Waals surface area (Å²) in [5.74, 6) is 0.528. The van der Waals surface area contributed by atoms with E-state index in [1.54, 1.807) is 18.2 Å². The van der Waals surface area contributed by atoms with E-state index in [1.807, 2.05) is 0 Å². The molecule has 5 heteroatoms. The van der Waals surface area contributed by atoms with Gasteiger partial charge >= 0.3 is 0 Å². The molecule has 1 unspecified atom stereocenters. The minimum absolute atomic E-state index is 0.159. The molecule has 0 saturated heterocycles. The van der Waals surface area contributed by atoms with Crippen LogP contribution in [0.15, 0.2) is 23.0 Å². The molecular weight excluding hydrogens is 264 g/mol. The summed E-state index contributed by atoms with van der Waals surface area (Å²) < 4.78 is 0. The van der Waals surface area contributed by atoms with E-state index in [0.717, 1.165) is 6.42 Å². The SMILES string of the molecule is CCCCCCC(C)Nc1nc2ccc(N)cc2c(=O)[nH]1. The van der Waals surface area contributed by atoms with Gasteiger partial charge in [0.1, 0.15) is 0 Å². The first-order chi connectivity index (χ1) is 10.1. The van der Waals surface area contributed by atoms with E-state index >= 15 is 0 Å². The summed E-state index contributed by atoms with van der Waals surface area (Å²) in [5, 5.41) is 3.79. The normalized spacial score (nSPS) is 12.5. The molecule has 1 heterocycles. The van der Waals surface area contributed by atoms with E-state index in [1.165, 1.54) is 25.7 Å². The van der Waals surface area contributed by atoms with E-state index in [4.69, 9.17) is 5.73 Å². The molecule has 0 radical (unpaired) electrons. The lowest BCUT2D eigenvalue weighted by molar-refractivity contribution is 0.592. The molecule has 1 atom stereocenters. The number of fused-ring (bicyclic) bond motifs is 1. The van der Waals surface area contributed by atoms with Crippen molar-refractivity contribution in [2.75, 3.05) is 11.1 Å². The lowest BCUT2D eigenvalue weighted by Crippen LogP contribution is -2.20. The zero-order valence-corrected chi connectivity index (χ0v) is 12.8. The van der Waals surface area contributed by atoms with Crippen LogP contribution in [0.5, 0.6) is 0 Å². The van der Waals surface area contributed by atoms with Crippen LogP contribution < -0.4 is 16.6 Å². The van der Waals surface area contributed by atoms with Gasteiger partial charge in [0.05, 0.1) is 10.9 Å². The second-order valence-corrected chi connectivity index (χ2v) is 5.59. The lowest BCUT2D eigenvalue weighted by Gasteiger charge is -2.14. The molecule has 0 spiro atoms. The van der Waals surface area contributed by atoms with Gasteiger partial charge in [0.2, 0.25) is 5.95 Å². The maximum atomic E-state index is 12.0. The van der Waals surface area contributed by atoms with Gasteiger partial charge < -0.3 is 11.1 Å². The van der Waals surface area contributed by atoms with Crippen molar-refractivity contribution in [1.82, 2.24) is 9.97 Å². The van der Waals surface area contributed by atoms with Crippen molar-refractivity contribution in [3.05, 3.63) is 28.6 Å². The molecule has 1 aromatic heterocycles. The van der Waals surface area contributed by atoms with Crippen LogP contribution in [-0.4, -0.2) is 16.0 Å². The summed E-state index contributed by atoms with van der Waals surface area (Å²) in [6, 6.07) is 5.47. The van der Waals surface area contributed by atoms with E-state index in [-0.39, 0.29) is 11.6 Å². The highest BCUT2D eigenvalue weighted by molar-refractivity contribution is 5.81. The average Bonchev–Trinajstić information content (AvgIpc) is 2.44. The molecule has 2 aromatic rings. The van der Waals surface area contributed by atoms with Crippen molar-refractivity contribution >= 4 is 22.5 Å². The van der Waals surface area contributed by atoms with Gasteiger partial charge in [-0.25, -0.2) is 4.98 Å². The van der Waals surface area contributed by atoms with Crippen molar-refractivity contribution in [2.45, 2.75) is 52.0 Å². The highest BCUT2D eigenvalue weighted by atomic mass is 16.1. The zero-order chi connectivity index (χ0) is 15.2. The van der Waals surface area contributed by atoms with Crippen molar-refractivity contribution in [3.63, 3.8) is 0 Å². The number of rotatable bonds is 7. The minimum atomic E-state index is -0.159. The second-order valence-electron chi connectivity index (χ2n) is 5.59. The van der Waals surface area contributed by atoms with Crippen LogP contribution in [0.3, 0.4) is 0 Å². The molecule has 0 saturated carbocycles. The Morgan fingerprint density at radius 3 is 2.90 bits per heavy atom. The molecule has 4 N–H and O–H groups in total. The molecule has 2 rings (SSSR count). The number of hydrogen-bond donors (Lipinski definition) is 3. The highest BCUT2D eigenvalue weighted by Crippen LogP contribution is 2.14. The van der Waals surface area contributed by atoms with Gasteiger partial charge in [-0.2, -0.15) is 0 Å². The summed E-state index contributed by atoms with van der Waals surface area (Å²) in [4.78, 5) is 19.3. The van der Waals surface area contributed by atoms with E-state index < -0.39 is 0 Å². The first-order valence-corrected chi connectivity index (χ1v) is 7.66. The molecule has 0 amide bonds. The predicted octanol–water partition coefficient (Wildman–Crippen LogP) is 3.28. The topological polar surface area (TPSA) is 83.8 Å². The van der Waals surface area contributed by atoms with Crippen molar-refractivity contribution in [1.29, 1.82) is 0 Å². The fourth-order valence-electron chi connectivity index (χ4n) is 2.41. The number of nitrogen functional groups attached to an aromatic ring is 1. The number of nitrogens with zero attached hydrogens (tertiary/aromatic N) is 1. The number of H-pyrrole nitrogens is 1. The van der Waals surface area contributed by atoms with Gasteiger partial charge in [-0.15, -0.1) is 0 Å². The number of nitrogens with two attached hydrogens (primary N) is 1. The molecule has 5 nitrogen and oxygen atoms in total. The largest absolute Gasteiger partial charge is 0.399 e. The van der Waals surface area contributed by atoms with Crippen LogP contribution in [-0.2, 0) is 0 Å². The Labute approximate surface area is 125 Å². The lowest BCUT2D eigenvalue weighted by atomic mass is 10.1. The van der Waals surface area contributed by atoms with Gasteiger partial charge in [-0.3, -0.25) is 9.78 Å². The van der Waals surface area contributed by atoms with Crippen LogP contribution in [0, 0.1) is 0 Å². The zero-order valence-electron chi connectivity index (χ0n) is 12.8. The summed E-state index contributed by atoms with van der Waals surface area (Å²) >= 11 is 0. The number of unbranched alkanes of at least 4 members (excludes halogenated alkanes) is 3. The Balaban J connectivity index is 2.05. The van der Waals surface area contributed by atoms with E-state index in [2.05, 4.69) is 29.1 Å². The van der Waals surface area contributed by atoms with Gasteiger partial charge in [0.15, 0.2) is 0 Å². The minimum Gasteiger partial charge on any atom is -0.399 e. The molecule has 0 aliphatic carbocycles. The molecule has 0 bridgehead atoms. The monoisotopic (exact) mass is 288 g/mol. The number of aromatic amines is 1. The van der Waals surface area contributed by atoms with Crippen molar-refractivity contribution in [2.24, 2.45) is 0 Å². The van der Waals surface area contributed by atoms with Crippen LogP contribution in [0.25, 0.3) is 10.9 Å². The quantitative estimate of drug-likeness (QED) is 0.539. The number of benzene rings is 1.